The molecule has 3 N–H and O–H groups in total. The fraction of sp³-hybridized carbons (Fsp3) is 0.579. The highest BCUT2D eigenvalue weighted by atomic mass is 16.6. The summed E-state index contributed by atoms with van der Waals surface area (Å²) in [5, 5.41) is 15.4. The number of carbonyl (C=O) groups excluding carboxylic acids is 2. The molecule has 0 saturated carbocycles. The molecule has 1 aromatic rings. The molecule has 0 spiro atoms. The molecule has 1 heterocycles. The van der Waals surface area contributed by atoms with Gasteiger partial charge in [0.2, 0.25) is 0 Å². The lowest BCUT2D eigenvalue weighted by atomic mass is 9.78. The van der Waals surface area contributed by atoms with Crippen LogP contribution in [0.4, 0.5) is 9.59 Å². The number of hydrogen-bond acceptors (Lipinski definition) is 7. The molecule has 0 bridgehead atoms. The molecule has 9 nitrogen and oxygen atoms in total. The van der Waals surface area contributed by atoms with E-state index in [4.69, 9.17) is 18.9 Å². The van der Waals surface area contributed by atoms with Crippen molar-refractivity contribution in [1.29, 1.82) is 0 Å². The highest BCUT2D eigenvalue weighted by molar-refractivity contribution is 6.62. The number of nitrogens with one attached hydrogen (secondary N) is 2. The Labute approximate surface area is 171 Å². The Balaban J connectivity index is 1.96. The van der Waals surface area contributed by atoms with Crippen molar-refractivity contribution in [2.45, 2.75) is 58.8 Å². The Bertz CT molecular complexity index is 743. The average molecular weight is 408 g/mol. The van der Waals surface area contributed by atoms with Gasteiger partial charge in [-0.3, -0.25) is 5.32 Å². The van der Waals surface area contributed by atoms with Crippen LogP contribution in [0, 0.1) is 0 Å². The Hall–Kier alpha value is -2.46. The highest BCUT2D eigenvalue weighted by Gasteiger charge is 2.38. The lowest BCUT2D eigenvalue weighted by Gasteiger charge is -2.21. The van der Waals surface area contributed by atoms with Crippen LogP contribution in [0.3, 0.4) is 0 Å². The van der Waals surface area contributed by atoms with Crippen molar-refractivity contribution in [1.82, 2.24) is 10.6 Å². The highest BCUT2D eigenvalue weighted by Crippen LogP contribution is 2.27. The summed E-state index contributed by atoms with van der Waals surface area (Å²) in [4.78, 5) is 23.6. The standard InChI is InChI=1S/C19H29BN2O7/c1-18(2,3)27-16(23)21-10-14-12-8-7-9-13(15(12)20(25)29-14)26-11-22-17(24)28-19(4,5)6/h7-9,14,25H,10-11H2,1-6H3,(H,21,23)(H,22,24). The fourth-order valence-electron chi connectivity index (χ4n) is 2.66. The van der Waals surface area contributed by atoms with Crippen LogP contribution >= 0.6 is 0 Å². The van der Waals surface area contributed by atoms with E-state index >= 15 is 0 Å². The van der Waals surface area contributed by atoms with Crippen LogP contribution in [-0.2, 0) is 14.1 Å². The van der Waals surface area contributed by atoms with Gasteiger partial charge < -0.3 is 29.2 Å². The van der Waals surface area contributed by atoms with Gasteiger partial charge in [-0.2, -0.15) is 0 Å². The van der Waals surface area contributed by atoms with Gasteiger partial charge in [0.15, 0.2) is 6.73 Å². The molecule has 0 fully saturated rings. The van der Waals surface area contributed by atoms with Gasteiger partial charge in [0.05, 0.1) is 6.10 Å². The number of amides is 2. The van der Waals surface area contributed by atoms with E-state index in [1.165, 1.54) is 0 Å². The monoisotopic (exact) mass is 408 g/mol. The van der Waals surface area contributed by atoms with Crippen molar-refractivity contribution < 1.29 is 33.5 Å². The topological polar surface area (TPSA) is 115 Å². The fourth-order valence-corrected chi connectivity index (χ4v) is 2.66. The second-order valence-corrected chi connectivity index (χ2v) is 8.59. The first-order chi connectivity index (χ1) is 13.4. The predicted molar refractivity (Wildman–Crippen MR) is 107 cm³/mol. The predicted octanol–water partition coefficient (Wildman–Crippen LogP) is 1.83. The number of benzene rings is 1. The number of fused-ring (bicyclic) bond motifs is 1. The number of hydrogen-bond donors (Lipinski definition) is 3. The molecule has 0 aromatic heterocycles. The van der Waals surface area contributed by atoms with Gasteiger partial charge in [0, 0.05) is 12.0 Å². The van der Waals surface area contributed by atoms with Crippen LogP contribution in [0.1, 0.15) is 53.2 Å². The molecule has 1 aromatic carbocycles. The van der Waals surface area contributed by atoms with E-state index in [1.807, 2.05) is 0 Å². The molecule has 0 aliphatic carbocycles. The summed E-state index contributed by atoms with van der Waals surface area (Å²) in [5.41, 5.74) is -0.0887. The molecule has 0 saturated heterocycles. The van der Waals surface area contributed by atoms with Crippen molar-refractivity contribution in [3.05, 3.63) is 23.8 Å². The molecular formula is C19H29BN2O7. The summed E-state index contributed by atoms with van der Waals surface area (Å²) in [5.74, 6) is 0.367. The van der Waals surface area contributed by atoms with E-state index in [1.54, 1.807) is 59.7 Å². The van der Waals surface area contributed by atoms with E-state index in [0.717, 1.165) is 0 Å². The number of alkyl carbamates (subject to hydrolysis) is 2. The maximum atomic E-state index is 11.9. The molecule has 1 aliphatic heterocycles. The van der Waals surface area contributed by atoms with Gasteiger partial charge in [-0.1, -0.05) is 12.1 Å². The molecule has 160 valence electrons. The smallest absolute Gasteiger partial charge is 0.473 e. The van der Waals surface area contributed by atoms with Crippen molar-refractivity contribution in [3.63, 3.8) is 0 Å². The Morgan fingerprint density at radius 3 is 2.24 bits per heavy atom. The summed E-state index contributed by atoms with van der Waals surface area (Å²) in [6.07, 6.45) is -1.74. The van der Waals surface area contributed by atoms with Crippen LogP contribution in [0.25, 0.3) is 0 Å². The van der Waals surface area contributed by atoms with Gasteiger partial charge in [0.1, 0.15) is 17.0 Å². The Morgan fingerprint density at radius 2 is 1.66 bits per heavy atom. The van der Waals surface area contributed by atoms with Crippen LogP contribution in [0.15, 0.2) is 18.2 Å². The summed E-state index contributed by atoms with van der Waals surface area (Å²) in [7, 11) is -1.21. The third-order valence-electron chi connectivity index (χ3n) is 3.66. The van der Waals surface area contributed by atoms with Gasteiger partial charge in [-0.15, -0.1) is 0 Å². The quantitative estimate of drug-likeness (QED) is 0.503. The molecule has 1 unspecified atom stereocenters. The largest absolute Gasteiger partial charge is 0.495 e. The van der Waals surface area contributed by atoms with Gasteiger partial charge in [-0.25, -0.2) is 9.59 Å². The zero-order valence-corrected chi connectivity index (χ0v) is 17.7. The molecular weight excluding hydrogens is 379 g/mol. The molecule has 10 heteroatoms. The van der Waals surface area contributed by atoms with Crippen molar-refractivity contribution in [3.8, 4) is 5.75 Å². The zero-order chi connectivity index (χ0) is 21.8. The van der Waals surface area contributed by atoms with E-state index in [-0.39, 0.29) is 13.3 Å². The molecule has 1 atom stereocenters. The SMILES string of the molecule is CC(C)(C)OC(=O)NCOc1cccc2c1B(O)OC2CNC(=O)OC(C)(C)C. The molecule has 2 amide bonds. The average Bonchev–Trinajstić information content (AvgIpc) is 2.87. The van der Waals surface area contributed by atoms with Crippen molar-refractivity contribution in [2.24, 2.45) is 0 Å². The maximum Gasteiger partial charge on any atom is 0.495 e. The van der Waals surface area contributed by atoms with E-state index in [0.29, 0.717) is 16.8 Å². The lowest BCUT2D eigenvalue weighted by molar-refractivity contribution is 0.0479. The minimum absolute atomic E-state index is 0.124. The van der Waals surface area contributed by atoms with Gasteiger partial charge in [-0.05, 0) is 53.2 Å². The third kappa shape index (κ3) is 7.14. The second kappa shape index (κ2) is 8.92. The van der Waals surface area contributed by atoms with Crippen molar-refractivity contribution >= 4 is 24.8 Å². The number of rotatable bonds is 5. The summed E-state index contributed by atoms with van der Waals surface area (Å²) in [6.45, 7) is 10.6. The summed E-state index contributed by atoms with van der Waals surface area (Å²) < 4.78 is 21.5. The lowest BCUT2D eigenvalue weighted by Crippen LogP contribution is -2.36. The van der Waals surface area contributed by atoms with E-state index < -0.39 is 36.6 Å². The summed E-state index contributed by atoms with van der Waals surface area (Å²) in [6, 6.07) is 5.18. The second-order valence-electron chi connectivity index (χ2n) is 8.59. The van der Waals surface area contributed by atoms with Gasteiger partial charge >= 0.3 is 19.3 Å². The molecule has 1 aliphatic rings. The molecule has 2 rings (SSSR count). The Morgan fingerprint density at radius 1 is 1.07 bits per heavy atom. The van der Waals surface area contributed by atoms with E-state index in [9.17, 15) is 14.6 Å². The number of carbonyl (C=O) groups is 2. The van der Waals surface area contributed by atoms with Crippen LogP contribution < -0.4 is 20.8 Å². The van der Waals surface area contributed by atoms with E-state index in [2.05, 4.69) is 10.6 Å². The van der Waals surface area contributed by atoms with Crippen molar-refractivity contribution in [2.75, 3.05) is 13.3 Å². The normalized spacial score (nSPS) is 16.1. The van der Waals surface area contributed by atoms with Crippen LogP contribution in [-0.4, -0.2) is 48.8 Å². The van der Waals surface area contributed by atoms with Crippen LogP contribution in [0.5, 0.6) is 5.75 Å². The number of ether oxygens (including phenoxy) is 3. The molecule has 0 radical (unpaired) electrons. The first kappa shape index (κ1) is 22.8. The maximum absolute atomic E-state index is 11.9. The first-order valence-electron chi connectivity index (χ1n) is 9.38. The third-order valence-corrected chi connectivity index (χ3v) is 3.66. The minimum atomic E-state index is -1.21. The zero-order valence-electron chi connectivity index (χ0n) is 17.7. The van der Waals surface area contributed by atoms with Crippen LogP contribution in [0.2, 0.25) is 0 Å². The Kier molecular flexibility index (Phi) is 7.02. The van der Waals surface area contributed by atoms with Gasteiger partial charge in [0.25, 0.3) is 0 Å². The summed E-state index contributed by atoms with van der Waals surface area (Å²) >= 11 is 0. The first-order valence-corrected chi connectivity index (χ1v) is 9.38. The molecule has 29 heavy (non-hydrogen) atoms. The minimum Gasteiger partial charge on any atom is -0.473 e.